The molecule has 2 heterocycles. The Morgan fingerprint density at radius 2 is 1.81 bits per heavy atom. The summed E-state index contributed by atoms with van der Waals surface area (Å²) in [6.07, 6.45) is 2.04. The van der Waals surface area contributed by atoms with E-state index in [1.54, 1.807) is 4.68 Å². The van der Waals surface area contributed by atoms with Gasteiger partial charge >= 0.3 is 0 Å². The third kappa shape index (κ3) is 3.74. The third-order valence-electron chi connectivity index (χ3n) is 4.95. The van der Waals surface area contributed by atoms with Crippen LogP contribution in [0.4, 0.5) is 0 Å². The lowest BCUT2D eigenvalue weighted by Gasteiger charge is -2.29. The molecule has 2 aromatic carbocycles. The van der Waals surface area contributed by atoms with E-state index in [-0.39, 0.29) is 11.7 Å². The van der Waals surface area contributed by atoms with Crippen LogP contribution in [0.5, 0.6) is 0 Å². The van der Waals surface area contributed by atoms with Crippen molar-refractivity contribution in [3.8, 4) is 17.1 Å². The van der Waals surface area contributed by atoms with Gasteiger partial charge in [-0.05, 0) is 37.0 Å². The predicted octanol–water partition coefficient (Wildman–Crippen LogP) is 4.46. The summed E-state index contributed by atoms with van der Waals surface area (Å²) in [4.78, 5) is 19.4. The standard InChI is InChI=1S/C21H21ClN4O/c1-15-10-12-25(13-11-15)21(27)19-23-20(16-6-3-2-4-7-16)26(24-19)18-9-5-8-17(22)14-18/h2-9,14-15H,10-13H2,1H3. The SMILES string of the molecule is CC1CCN(C(=O)c2nc(-c3ccccc3)n(-c3cccc(Cl)c3)n2)CC1. The molecule has 1 aliphatic rings. The zero-order chi connectivity index (χ0) is 18.8. The molecular formula is C21H21ClN4O. The van der Waals surface area contributed by atoms with Gasteiger partial charge in [0.05, 0.1) is 5.69 Å². The maximum atomic E-state index is 13.0. The Balaban J connectivity index is 1.75. The molecule has 4 rings (SSSR count). The van der Waals surface area contributed by atoms with Crippen molar-refractivity contribution in [3.05, 3.63) is 65.4 Å². The molecule has 1 saturated heterocycles. The van der Waals surface area contributed by atoms with Crippen molar-refractivity contribution >= 4 is 17.5 Å². The van der Waals surface area contributed by atoms with Crippen LogP contribution in [0, 0.1) is 5.92 Å². The monoisotopic (exact) mass is 380 g/mol. The molecule has 1 amide bonds. The first-order valence-corrected chi connectivity index (χ1v) is 9.57. The zero-order valence-electron chi connectivity index (χ0n) is 15.2. The molecule has 27 heavy (non-hydrogen) atoms. The highest BCUT2D eigenvalue weighted by Crippen LogP contribution is 2.24. The topological polar surface area (TPSA) is 51.0 Å². The number of likely N-dealkylation sites (tertiary alicyclic amines) is 1. The quantitative estimate of drug-likeness (QED) is 0.674. The molecule has 0 N–H and O–H groups in total. The smallest absolute Gasteiger partial charge is 0.293 e. The Kier molecular flexibility index (Phi) is 4.94. The van der Waals surface area contributed by atoms with Crippen LogP contribution in [0.15, 0.2) is 54.6 Å². The Bertz CT molecular complexity index is 946. The van der Waals surface area contributed by atoms with Crippen molar-refractivity contribution < 1.29 is 4.79 Å². The number of rotatable bonds is 3. The lowest BCUT2D eigenvalue weighted by Crippen LogP contribution is -2.38. The number of amides is 1. The maximum Gasteiger partial charge on any atom is 0.293 e. The molecule has 0 bridgehead atoms. The number of nitrogens with zero attached hydrogens (tertiary/aromatic N) is 4. The van der Waals surface area contributed by atoms with E-state index in [0.717, 1.165) is 37.2 Å². The van der Waals surface area contributed by atoms with Gasteiger partial charge in [0, 0.05) is 23.7 Å². The van der Waals surface area contributed by atoms with Crippen molar-refractivity contribution in [2.45, 2.75) is 19.8 Å². The average Bonchev–Trinajstić information content (AvgIpc) is 3.14. The maximum absolute atomic E-state index is 13.0. The first-order valence-electron chi connectivity index (χ1n) is 9.19. The summed E-state index contributed by atoms with van der Waals surface area (Å²) in [7, 11) is 0. The van der Waals surface area contributed by atoms with E-state index >= 15 is 0 Å². The molecule has 1 fully saturated rings. The van der Waals surface area contributed by atoms with Gasteiger partial charge in [-0.3, -0.25) is 4.79 Å². The molecular weight excluding hydrogens is 360 g/mol. The van der Waals surface area contributed by atoms with Crippen molar-refractivity contribution in [2.75, 3.05) is 13.1 Å². The molecule has 0 unspecified atom stereocenters. The van der Waals surface area contributed by atoms with E-state index in [4.69, 9.17) is 11.6 Å². The number of carbonyl (C=O) groups excluding carboxylic acids is 1. The molecule has 3 aromatic rings. The molecule has 6 heteroatoms. The fraction of sp³-hybridized carbons (Fsp3) is 0.286. The summed E-state index contributed by atoms with van der Waals surface area (Å²) in [5.41, 5.74) is 1.68. The highest BCUT2D eigenvalue weighted by Gasteiger charge is 2.26. The Hall–Kier alpha value is -2.66. The van der Waals surface area contributed by atoms with Crippen LogP contribution in [0.3, 0.4) is 0 Å². The van der Waals surface area contributed by atoms with E-state index in [9.17, 15) is 4.79 Å². The lowest BCUT2D eigenvalue weighted by molar-refractivity contribution is 0.0685. The summed E-state index contributed by atoms with van der Waals surface area (Å²) in [6.45, 7) is 3.74. The van der Waals surface area contributed by atoms with Crippen LogP contribution in [0.1, 0.15) is 30.4 Å². The van der Waals surface area contributed by atoms with Gasteiger partial charge in [0.25, 0.3) is 5.91 Å². The van der Waals surface area contributed by atoms with Crippen LogP contribution in [0.25, 0.3) is 17.1 Å². The van der Waals surface area contributed by atoms with E-state index in [2.05, 4.69) is 17.0 Å². The van der Waals surface area contributed by atoms with Crippen LogP contribution in [0.2, 0.25) is 5.02 Å². The molecule has 0 saturated carbocycles. The number of hydrogen-bond acceptors (Lipinski definition) is 3. The minimum absolute atomic E-state index is 0.111. The van der Waals surface area contributed by atoms with E-state index in [1.807, 2.05) is 59.5 Å². The minimum Gasteiger partial charge on any atom is -0.336 e. The van der Waals surface area contributed by atoms with E-state index in [1.165, 1.54) is 0 Å². The van der Waals surface area contributed by atoms with Gasteiger partial charge in [0.15, 0.2) is 5.82 Å². The second-order valence-electron chi connectivity index (χ2n) is 6.99. The van der Waals surface area contributed by atoms with Gasteiger partial charge in [0.2, 0.25) is 5.82 Å². The lowest BCUT2D eigenvalue weighted by atomic mass is 9.99. The van der Waals surface area contributed by atoms with Crippen molar-refractivity contribution in [1.82, 2.24) is 19.7 Å². The van der Waals surface area contributed by atoms with Crippen LogP contribution >= 0.6 is 11.6 Å². The average molecular weight is 381 g/mol. The molecule has 0 aliphatic carbocycles. The largest absolute Gasteiger partial charge is 0.336 e. The van der Waals surface area contributed by atoms with Gasteiger partial charge in [-0.2, -0.15) is 0 Å². The number of hydrogen-bond donors (Lipinski definition) is 0. The second-order valence-corrected chi connectivity index (χ2v) is 7.43. The summed E-state index contributed by atoms with van der Waals surface area (Å²) in [5, 5.41) is 5.16. The number of piperidine rings is 1. The highest BCUT2D eigenvalue weighted by molar-refractivity contribution is 6.30. The zero-order valence-corrected chi connectivity index (χ0v) is 15.9. The fourth-order valence-electron chi connectivity index (χ4n) is 3.32. The van der Waals surface area contributed by atoms with Crippen LogP contribution < -0.4 is 0 Å². The first-order chi connectivity index (χ1) is 13.1. The summed E-state index contributed by atoms with van der Waals surface area (Å²) >= 11 is 6.16. The Morgan fingerprint density at radius 3 is 2.52 bits per heavy atom. The van der Waals surface area contributed by atoms with Crippen molar-refractivity contribution in [1.29, 1.82) is 0 Å². The predicted molar refractivity (Wildman–Crippen MR) is 106 cm³/mol. The van der Waals surface area contributed by atoms with Crippen molar-refractivity contribution in [3.63, 3.8) is 0 Å². The highest BCUT2D eigenvalue weighted by atomic mass is 35.5. The molecule has 5 nitrogen and oxygen atoms in total. The van der Waals surface area contributed by atoms with Crippen molar-refractivity contribution in [2.24, 2.45) is 5.92 Å². The second kappa shape index (κ2) is 7.53. The molecule has 0 spiro atoms. The molecule has 0 atom stereocenters. The molecule has 0 radical (unpaired) electrons. The molecule has 1 aliphatic heterocycles. The van der Waals surface area contributed by atoms with Gasteiger partial charge in [0.1, 0.15) is 0 Å². The summed E-state index contributed by atoms with van der Waals surface area (Å²) in [5.74, 6) is 1.40. The first kappa shape index (κ1) is 17.7. The van der Waals surface area contributed by atoms with Gasteiger partial charge in [-0.15, -0.1) is 5.10 Å². The summed E-state index contributed by atoms with van der Waals surface area (Å²) < 4.78 is 1.70. The molecule has 1 aromatic heterocycles. The number of benzene rings is 2. The Labute approximate surface area is 163 Å². The van der Waals surface area contributed by atoms with E-state index < -0.39 is 0 Å². The molecule has 138 valence electrons. The normalized spacial score (nSPS) is 15.1. The minimum atomic E-state index is -0.111. The number of carbonyl (C=O) groups is 1. The van der Waals surface area contributed by atoms with Gasteiger partial charge < -0.3 is 4.90 Å². The van der Waals surface area contributed by atoms with Crippen LogP contribution in [-0.2, 0) is 0 Å². The van der Waals surface area contributed by atoms with E-state index in [0.29, 0.717) is 16.8 Å². The number of aromatic nitrogens is 3. The van der Waals surface area contributed by atoms with Gasteiger partial charge in [-0.25, -0.2) is 9.67 Å². The summed E-state index contributed by atoms with van der Waals surface area (Å²) in [6, 6.07) is 17.2. The van der Waals surface area contributed by atoms with Crippen LogP contribution in [-0.4, -0.2) is 38.7 Å². The third-order valence-corrected chi connectivity index (χ3v) is 5.19. The number of halogens is 1. The fourth-order valence-corrected chi connectivity index (χ4v) is 3.50. The Morgan fingerprint density at radius 1 is 1.07 bits per heavy atom. The van der Waals surface area contributed by atoms with Gasteiger partial charge in [-0.1, -0.05) is 54.9 Å².